The quantitative estimate of drug-likeness (QED) is 0.457. The lowest BCUT2D eigenvalue weighted by Gasteiger charge is -2.26. The van der Waals surface area contributed by atoms with Crippen LogP contribution in [0.5, 0.6) is 0 Å². The Bertz CT molecular complexity index is 1230. The third kappa shape index (κ3) is 6.43. The molecule has 1 aromatic heterocycles. The Kier molecular flexibility index (Phi) is 9.09. The van der Waals surface area contributed by atoms with E-state index in [0.717, 1.165) is 54.4 Å². The Labute approximate surface area is 210 Å². The minimum atomic E-state index is -0.976. The number of aromatic nitrogens is 1. The zero-order valence-corrected chi connectivity index (χ0v) is 19.8. The highest BCUT2D eigenvalue weighted by Gasteiger charge is 2.28. The van der Waals surface area contributed by atoms with E-state index in [1.807, 2.05) is 31.2 Å². The third-order valence-electron chi connectivity index (χ3n) is 6.72. The van der Waals surface area contributed by atoms with Crippen molar-refractivity contribution < 1.29 is 18.4 Å². The Morgan fingerprint density at radius 1 is 1.06 bits per heavy atom. The van der Waals surface area contributed by atoms with Crippen molar-refractivity contribution in [3.63, 3.8) is 0 Å². The number of nitrogens with zero attached hydrogens (tertiary/aromatic N) is 2. The molecule has 6 nitrogen and oxygen atoms in total. The number of benzene rings is 2. The second-order valence-electron chi connectivity index (χ2n) is 9.15. The normalized spacial score (nSPS) is 15.3. The summed E-state index contributed by atoms with van der Waals surface area (Å²) >= 11 is 0. The van der Waals surface area contributed by atoms with Crippen LogP contribution in [-0.2, 0) is 22.4 Å². The smallest absolute Gasteiger partial charge is 0.237 e. The van der Waals surface area contributed by atoms with Gasteiger partial charge in [-0.15, -0.1) is 0 Å². The molecule has 192 valence electrons. The Balaban J connectivity index is 0.00000361. The van der Waals surface area contributed by atoms with Gasteiger partial charge in [-0.2, -0.15) is 0 Å². The van der Waals surface area contributed by atoms with Crippen LogP contribution in [0.15, 0.2) is 48.7 Å². The molecule has 1 aliphatic rings. The maximum atomic E-state index is 13.8. The zero-order chi connectivity index (χ0) is 24.9. The van der Waals surface area contributed by atoms with Crippen molar-refractivity contribution in [2.45, 2.75) is 58.5 Å². The van der Waals surface area contributed by atoms with Crippen molar-refractivity contribution in [3.8, 4) is 0 Å². The van der Waals surface area contributed by atoms with Crippen molar-refractivity contribution in [3.05, 3.63) is 71.4 Å². The molecule has 1 saturated heterocycles. The molecule has 0 aliphatic carbocycles. The van der Waals surface area contributed by atoms with Crippen LogP contribution >= 0.6 is 0 Å². The monoisotopic (exact) mass is 496 g/mol. The fourth-order valence-corrected chi connectivity index (χ4v) is 4.58. The number of fused-ring (bicyclic) bond motifs is 1. The number of hydrogen-bond acceptors (Lipinski definition) is 5. The highest BCUT2D eigenvalue weighted by Crippen LogP contribution is 2.21. The fourth-order valence-electron chi connectivity index (χ4n) is 4.58. The van der Waals surface area contributed by atoms with Gasteiger partial charge in [0.1, 0.15) is 5.82 Å². The van der Waals surface area contributed by atoms with Gasteiger partial charge in [0.05, 0.1) is 12.1 Å². The summed E-state index contributed by atoms with van der Waals surface area (Å²) < 4.78 is 27.2. The number of aryl methyl sites for hydroxylation is 1. The summed E-state index contributed by atoms with van der Waals surface area (Å²) in [6.07, 6.45) is 4.49. The first-order valence-corrected chi connectivity index (χ1v) is 12.0. The van der Waals surface area contributed by atoms with Crippen LogP contribution in [0.2, 0.25) is 0 Å². The first-order chi connectivity index (χ1) is 16.8. The molecule has 2 aromatic carbocycles. The Morgan fingerprint density at radius 3 is 2.50 bits per heavy atom. The van der Waals surface area contributed by atoms with Crippen LogP contribution in [0.3, 0.4) is 0 Å². The van der Waals surface area contributed by atoms with E-state index in [0.29, 0.717) is 17.8 Å². The minimum Gasteiger partial charge on any atom is -0.383 e. The summed E-state index contributed by atoms with van der Waals surface area (Å²) in [6.45, 7) is 3.52. The van der Waals surface area contributed by atoms with E-state index < -0.39 is 17.7 Å². The van der Waals surface area contributed by atoms with Crippen LogP contribution in [0.25, 0.3) is 10.8 Å². The van der Waals surface area contributed by atoms with Gasteiger partial charge in [0, 0.05) is 18.0 Å². The summed E-state index contributed by atoms with van der Waals surface area (Å²) in [5, 5.41) is 4.67. The molecule has 0 spiro atoms. The molecule has 4 rings (SSSR count). The number of carbonyl (C=O) groups is 2. The summed E-state index contributed by atoms with van der Waals surface area (Å²) in [7, 11) is 0. The van der Waals surface area contributed by atoms with Gasteiger partial charge in [-0.25, -0.2) is 13.8 Å². The van der Waals surface area contributed by atoms with Gasteiger partial charge in [0.2, 0.25) is 5.91 Å². The van der Waals surface area contributed by atoms with Crippen molar-refractivity contribution in [2.75, 3.05) is 18.8 Å². The van der Waals surface area contributed by atoms with E-state index in [1.54, 1.807) is 6.20 Å². The summed E-state index contributed by atoms with van der Waals surface area (Å²) in [5.41, 5.74) is 7.33. The first-order valence-electron chi connectivity index (χ1n) is 12.0. The van der Waals surface area contributed by atoms with Gasteiger partial charge in [0.15, 0.2) is 17.4 Å². The number of hydrogen-bond donors (Lipinski definition) is 2. The molecule has 0 radical (unpaired) electrons. The van der Waals surface area contributed by atoms with Crippen molar-refractivity contribution >= 4 is 28.3 Å². The van der Waals surface area contributed by atoms with E-state index in [1.165, 1.54) is 6.07 Å². The van der Waals surface area contributed by atoms with E-state index in [4.69, 9.17) is 5.73 Å². The number of carbonyl (C=O) groups excluding carboxylic acids is 2. The molecule has 0 saturated carbocycles. The molecule has 3 aromatic rings. The number of likely N-dealkylation sites (tertiary alicyclic amines) is 1. The Hall–Kier alpha value is -3.39. The molecular weight excluding hydrogens is 462 g/mol. The molecule has 1 aliphatic heterocycles. The number of nitrogens with two attached hydrogens (primary N) is 1. The van der Waals surface area contributed by atoms with E-state index in [-0.39, 0.29) is 38.0 Å². The number of Topliss-reactive ketones (excluding diaryl/α,β-unsaturated/α-hetero) is 1. The van der Waals surface area contributed by atoms with Gasteiger partial charge >= 0.3 is 0 Å². The second kappa shape index (κ2) is 12.0. The number of halogens is 2. The average molecular weight is 497 g/mol. The van der Waals surface area contributed by atoms with Crippen molar-refractivity contribution in [1.29, 1.82) is 0 Å². The summed E-state index contributed by atoms with van der Waals surface area (Å²) in [4.78, 5) is 32.4. The van der Waals surface area contributed by atoms with E-state index in [9.17, 15) is 18.4 Å². The van der Waals surface area contributed by atoms with Crippen LogP contribution in [0, 0.1) is 11.6 Å². The number of anilines is 1. The van der Waals surface area contributed by atoms with Gasteiger partial charge in [0.25, 0.3) is 0 Å². The largest absolute Gasteiger partial charge is 0.383 e. The van der Waals surface area contributed by atoms with Gasteiger partial charge in [-0.1, -0.05) is 31.7 Å². The molecule has 2 atom stereocenters. The maximum absolute atomic E-state index is 13.8. The van der Waals surface area contributed by atoms with Gasteiger partial charge < -0.3 is 11.1 Å². The number of amides is 1. The number of nitrogen functional groups attached to an aromatic ring is 1. The van der Waals surface area contributed by atoms with Crippen LogP contribution in [0.4, 0.5) is 14.6 Å². The summed E-state index contributed by atoms with van der Waals surface area (Å²) in [5.74, 6) is -1.87. The molecule has 1 amide bonds. The summed E-state index contributed by atoms with van der Waals surface area (Å²) in [6, 6.07) is 9.99. The van der Waals surface area contributed by atoms with Crippen molar-refractivity contribution in [2.24, 2.45) is 0 Å². The molecule has 1 unspecified atom stereocenters. The van der Waals surface area contributed by atoms with Gasteiger partial charge in [-0.05, 0) is 80.4 Å². The number of rotatable bonds is 9. The van der Waals surface area contributed by atoms with Crippen molar-refractivity contribution in [1.82, 2.24) is 15.2 Å². The lowest BCUT2D eigenvalue weighted by atomic mass is 9.96. The average Bonchev–Trinajstić information content (AvgIpc) is 3.39. The Morgan fingerprint density at radius 2 is 1.78 bits per heavy atom. The van der Waals surface area contributed by atoms with Gasteiger partial charge in [-0.3, -0.25) is 14.5 Å². The number of nitrogens with one attached hydrogen (secondary N) is 1. The predicted octanol–water partition coefficient (Wildman–Crippen LogP) is 4.44. The SMILES string of the molecule is C.CC(C(=O)N[C@@H](Cc1ccc(F)c(F)c1)C(=O)CCc1ccc2c(N)nccc2c1)N1CCCC1. The fraction of sp³-hybridized carbons (Fsp3) is 0.393. The molecule has 2 heterocycles. The molecule has 36 heavy (non-hydrogen) atoms. The highest BCUT2D eigenvalue weighted by molar-refractivity contribution is 5.92. The number of pyridine rings is 1. The van der Waals surface area contributed by atoms with Crippen LogP contribution < -0.4 is 11.1 Å². The lowest BCUT2D eigenvalue weighted by Crippen LogP contribution is -2.50. The molecule has 3 N–H and O–H groups in total. The second-order valence-corrected chi connectivity index (χ2v) is 9.15. The molecule has 0 bridgehead atoms. The topological polar surface area (TPSA) is 88.3 Å². The highest BCUT2D eigenvalue weighted by atomic mass is 19.2. The zero-order valence-electron chi connectivity index (χ0n) is 19.8. The molecule has 8 heteroatoms. The predicted molar refractivity (Wildman–Crippen MR) is 138 cm³/mol. The third-order valence-corrected chi connectivity index (χ3v) is 6.72. The van der Waals surface area contributed by atoms with E-state index >= 15 is 0 Å². The number of ketones is 1. The first kappa shape index (κ1) is 27.2. The maximum Gasteiger partial charge on any atom is 0.237 e. The minimum absolute atomic E-state index is 0. The van der Waals surface area contributed by atoms with E-state index in [2.05, 4.69) is 15.2 Å². The lowest BCUT2D eigenvalue weighted by molar-refractivity contribution is -0.130. The van der Waals surface area contributed by atoms with Crippen LogP contribution in [0.1, 0.15) is 44.7 Å². The van der Waals surface area contributed by atoms with Crippen LogP contribution in [-0.4, -0.2) is 46.7 Å². The standard InChI is InChI=1S/C27H30F2N4O2.CH4/c1-17(33-12-2-3-13-33)27(35)32-24(16-19-5-8-22(28)23(29)15-19)25(34)9-6-18-4-7-21-20(14-18)10-11-31-26(21)30;/h4-5,7-8,10-11,14-15,17,24H,2-3,6,9,12-13,16H2,1H3,(H2,30,31)(H,32,35);1H4/t17?,24-;/m0./s1. The molecular formula is C28H34F2N4O2. The molecule has 1 fully saturated rings.